The zero-order valence-electron chi connectivity index (χ0n) is 18.9. The highest BCUT2D eigenvalue weighted by Gasteiger charge is 2.63. The smallest absolute Gasteiger partial charge is 0.257 e. The molecule has 1 aliphatic carbocycles. The zero-order chi connectivity index (χ0) is 22.4. The summed E-state index contributed by atoms with van der Waals surface area (Å²) >= 11 is 0. The minimum absolute atomic E-state index is 0.0596. The van der Waals surface area contributed by atoms with Crippen molar-refractivity contribution in [3.8, 4) is 12.8 Å². The Morgan fingerprint density at radius 3 is 2.77 bits per heavy atom. The normalized spacial score (nSPS) is 29.7. The van der Waals surface area contributed by atoms with Crippen LogP contribution < -0.4 is 0 Å². The van der Waals surface area contributed by atoms with Gasteiger partial charge in [0.1, 0.15) is 6.23 Å². The van der Waals surface area contributed by atoms with E-state index in [2.05, 4.69) is 49.0 Å². The fraction of sp³-hybridized carbons (Fsp3) is 0.538. The van der Waals surface area contributed by atoms with Crippen LogP contribution in [0, 0.1) is 12.8 Å². The second-order valence-corrected chi connectivity index (χ2v) is 8.54. The number of benzene rings is 1. The highest BCUT2D eigenvalue weighted by atomic mass is 16.6. The number of hydrogen-bond acceptors (Lipinski definition) is 4. The Labute approximate surface area is 186 Å². The summed E-state index contributed by atoms with van der Waals surface area (Å²) in [6.45, 7) is 6.74. The summed E-state index contributed by atoms with van der Waals surface area (Å²) in [6.07, 6.45) is 17.1. The van der Waals surface area contributed by atoms with Gasteiger partial charge < -0.3 is 14.4 Å². The van der Waals surface area contributed by atoms with Crippen molar-refractivity contribution in [1.29, 1.82) is 0 Å². The fourth-order valence-electron chi connectivity index (χ4n) is 4.84. The Balaban J connectivity index is 0.00000132. The number of carbonyl (C=O) groups is 1. The Bertz CT molecular complexity index is 851. The number of amides is 1. The summed E-state index contributed by atoms with van der Waals surface area (Å²) in [5.41, 5.74) is 2.87. The van der Waals surface area contributed by atoms with Crippen LogP contribution in [0.25, 0.3) is 0 Å². The minimum atomic E-state index is -0.668. The molecule has 2 aliphatic heterocycles. The lowest BCUT2D eigenvalue weighted by Crippen LogP contribution is -2.56. The van der Waals surface area contributed by atoms with E-state index >= 15 is 0 Å². The molecule has 2 heterocycles. The second-order valence-electron chi connectivity index (χ2n) is 8.54. The predicted octanol–water partition coefficient (Wildman–Crippen LogP) is 4.65. The van der Waals surface area contributed by atoms with Crippen LogP contribution in [0.5, 0.6) is 0 Å². The van der Waals surface area contributed by atoms with Crippen molar-refractivity contribution >= 4 is 11.6 Å². The number of aliphatic imine (C=N–C) groups is 1. The first kappa shape index (κ1) is 23.2. The molecule has 2 unspecified atom stereocenters. The van der Waals surface area contributed by atoms with Gasteiger partial charge in [0.15, 0.2) is 5.60 Å². The van der Waals surface area contributed by atoms with Crippen molar-refractivity contribution in [2.24, 2.45) is 4.99 Å². The molecule has 4 rings (SSSR count). The lowest BCUT2D eigenvalue weighted by molar-refractivity contribution is -0.177. The fourth-order valence-corrected chi connectivity index (χ4v) is 4.84. The van der Waals surface area contributed by atoms with Gasteiger partial charge in [-0.15, -0.1) is 12.8 Å². The average Bonchev–Trinajstić information content (AvgIpc) is 3.30. The summed E-state index contributed by atoms with van der Waals surface area (Å²) in [5.74, 6) is 0.129. The third-order valence-electron chi connectivity index (χ3n) is 6.36. The van der Waals surface area contributed by atoms with E-state index < -0.39 is 5.60 Å². The average molecular weight is 423 g/mol. The van der Waals surface area contributed by atoms with Crippen LogP contribution in [0.1, 0.15) is 64.0 Å². The van der Waals surface area contributed by atoms with E-state index in [9.17, 15) is 4.79 Å². The van der Waals surface area contributed by atoms with Crippen LogP contribution in [-0.4, -0.2) is 40.5 Å². The van der Waals surface area contributed by atoms with Crippen LogP contribution in [0.15, 0.2) is 41.5 Å². The van der Waals surface area contributed by atoms with Gasteiger partial charge in [-0.3, -0.25) is 9.79 Å². The number of allylic oxidation sites excluding steroid dienone is 1. The van der Waals surface area contributed by atoms with Gasteiger partial charge in [-0.25, -0.2) is 0 Å². The maximum absolute atomic E-state index is 13.2. The molecular weight excluding hydrogens is 388 g/mol. The van der Waals surface area contributed by atoms with Crippen molar-refractivity contribution < 1.29 is 14.3 Å². The molecule has 3 fully saturated rings. The van der Waals surface area contributed by atoms with Crippen LogP contribution in [0.3, 0.4) is 0 Å². The molecule has 5 nitrogen and oxygen atoms in total. The summed E-state index contributed by atoms with van der Waals surface area (Å²) in [6, 6.07) is 8.66. The Morgan fingerprint density at radius 1 is 1.32 bits per heavy atom. The number of nitrogens with zero attached hydrogens (tertiary/aromatic N) is 2. The number of ether oxygens (including phenoxy) is 2. The summed E-state index contributed by atoms with van der Waals surface area (Å²) < 4.78 is 12.4. The third-order valence-corrected chi connectivity index (χ3v) is 6.36. The molecule has 1 amide bonds. The quantitative estimate of drug-likeness (QED) is 0.475. The predicted molar refractivity (Wildman–Crippen MR) is 124 cm³/mol. The summed E-state index contributed by atoms with van der Waals surface area (Å²) in [7, 11) is 0. The van der Waals surface area contributed by atoms with Crippen molar-refractivity contribution in [3.63, 3.8) is 0 Å². The highest BCUT2D eigenvalue weighted by Crippen LogP contribution is 2.49. The first-order valence-electron chi connectivity index (χ1n) is 11.2. The van der Waals surface area contributed by atoms with Gasteiger partial charge in [0.25, 0.3) is 5.91 Å². The number of aryl methyl sites for hydroxylation is 1. The lowest BCUT2D eigenvalue weighted by Gasteiger charge is -2.42. The van der Waals surface area contributed by atoms with Gasteiger partial charge in [-0.05, 0) is 44.2 Å². The van der Waals surface area contributed by atoms with Gasteiger partial charge in [0.05, 0.1) is 18.8 Å². The molecule has 0 radical (unpaired) electrons. The largest absolute Gasteiger partial charge is 0.373 e. The van der Waals surface area contributed by atoms with Gasteiger partial charge in [0.2, 0.25) is 0 Å². The lowest BCUT2D eigenvalue weighted by atomic mass is 9.76. The molecule has 2 atom stereocenters. The van der Waals surface area contributed by atoms with E-state index in [1.807, 2.05) is 24.8 Å². The molecule has 166 valence electrons. The van der Waals surface area contributed by atoms with Crippen molar-refractivity contribution in [3.05, 3.63) is 47.7 Å². The third kappa shape index (κ3) is 4.76. The molecule has 31 heavy (non-hydrogen) atoms. The Morgan fingerprint density at radius 2 is 2.06 bits per heavy atom. The van der Waals surface area contributed by atoms with E-state index in [0.717, 1.165) is 31.4 Å². The molecule has 1 aromatic carbocycles. The first-order valence-corrected chi connectivity index (χ1v) is 11.2. The van der Waals surface area contributed by atoms with Gasteiger partial charge in [0, 0.05) is 24.8 Å². The summed E-state index contributed by atoms with van der Waals surface area (Å²) in [5, 5.41) is 0. The molecule has 2 saturated heterocycles. The van der Waals surface area contributed by atoms with Crippen molar-refractivity contribution in [2.45, 2.75) is 89.9 Å². The van der Waals surface area contributed by atoms with E-state index in [4.69, 9.17) is 9.47 Å². The second kappa shape index (κ2) is 10.3. The molecular formula is C26H34N2O3. The number of carbonyl (C=O) groups excluding carboxylic acids is 1. The first-order chi connectivity index (χ1) is 15.1. The minimum Gasteiger partial charge on any atom is -0.373 e. The molecule has 0 N–H and O–H groups in total. The molecule has 0 aromatic heterocycles. The number of rotatable bonds is 7. The summed E-state index contributed by atoms with van der Waals surface area (Å²) in [4.78, 5) is 19.6. The van der Waals surface area contributed by atoms with Gasteiger partial charge >= 0.3 is 0 Å². The number of hydrogen-bond donors (Lipinski definition) is 0. The van der Waals surface area contributed by atoms with Crippen molar-refractivity contribution in [1.82, 2.24) is 4.90 Å². The number of terminal acetylenes is 1. The van der Waals surface area contributed by atoms with Crippen LogP contribution in [-0.2, 0) is 27.3 Å². The standard InChI is InChI=1S/C24H32N2O3.C2H2/c1-4-7-18-8-6-9-19(13-18)16-28-20-14-24(15-20)23(27)26-21(10-11-22(26)29-24)17(3)25-12-5-2;1-2/h5-6,8-9,12-13,20-22H,4,7,10-11,14-16H2,1-3H3;1-2H/b12-5-,25-17?;. The molecule has 1 spiro atoms. The molecule has 1 saturated carbocycles. The maximum Gasteiger partial charge on any atom is 0.257 e. The molecule has 3 aliphatic rings. The highest BCUT2D eigenvalue weighted by molar-refractivity contribution is 5.96. The van der Waals surface area contributed by atoms with Gasteiger partial charge in [-0.2, -0.15) is 0 Å². The van der Waals surface area contributed by atoms with E-state index in [1.165, 1.54) is 11.1 Å². The van der Waals surface area contributed by atoms with Crippen LogP contribution >= 0.6 is 0 Å². The number of fused-ring (bicyclic) bond motifs is 1. The maximum atomic E-state index is 13.2. The molecule has 1 aromatic rings. The topological polar surface area (TPSA) is 51.1 Å². The van der Waals surface area contributed by atoms with Crippen LogP contribution in [0.4, 0.5) is 0 Å². The Hall–Kier alpha value is -2.42. The van der Waals surface area contributed by atoms with Gasteiger partial charge in [-0.1, -0.05) is 43.7 Å². The van der Waals surface area contributed by atoms with E-state index in [0.29, 0.717) is 19.4 Å². The van der Waals surface area contributed by atoms with Crippen LogP contribution in [0.2, 0.25) is 0 Å². The Kier molecular flexibility index (Phi) is 7.69. The molecule has 5 heteroatoms. The van der Waals surface area contributed by atoms with E-state index in [1.54, 1.807) is 6.20 Å². The molecule has 0 bridgehead atoms. The SMILES string of the molecule is C#C.C/C=C\N=C(C)C1CCC2OC3(CC(OCc4cccc(CCC)c4)C3)C(=O)N21. The van der Waals surface area contributed by atoms with E-state index in [-0.39, 0.29) is 24.3 Å². The van der Waals surface area contributed by atoms with Crippen molar-refractivity contribution in [2.75, 3.05) is 0 Å². The monoisotopic (exact) mass is 422 g/mol. The zero-order valence-corrected chi connectivity index (χ0v) is 18.9.